The van der Waals surface area contributed by atoms with Crippen molar-refractivity contribution in [1.29, 1.82) is 0 Å². The molecule has 21 heavy (non-hydrogen) atoms. The van der Waals surface area contributed by atoms with E-state index in [1.54, 1.807) is 18.4 Å². The smallest absolute Gasteiger partial charge is 0.306 e. The molecule has 0 N–H and O–H groups in total. The van der Waals surface area contributed by atoms with Gasteiger partial charge in [0, 0.05) is 18.2 Å². The summed E-state index contributed by atoms with van der Waals surface area (Å²) in [6, 6.07) is 7.97. The number of methoxy groups -OCH3 is 1. The molecule has 4 nitrogen and oxygen atoms in total. The van der Waals surface area contributed by atoms with Crippen LogP contribution < -0.4 is 4.74 Å². The van der Waals surface area contributed by atoms with Crippen LogP contribution in [0.5, 0.6) is 5.75 Å². The van der Waals surface area contributed by atoms with E-state index in [1.165, 1.54) is 5.56 Å². The number of hydrogen-bond acceptors (Lipinski definition) is 5. The van der Waals surface area contributed by atoms with E-state index in [2.05, 4.69) is 11.1 Å². The van der Waals surface area contributed by atoms with Crippen molar-refractivity contribution >= 4 is 17.3 Å². The highest BCUT2D eigenvalue weighted by atomic mass is 32.1. The van der Waals surface area contributed by atoms with Gasteiger partial charge in [-0.2, -0.15) is 0 Å². The average molecular weight is 305 g/mol. The van der Waals surface area contributed by atoms with Gasteiger partial charge < -0.3 is 9.47 Å². The number of carbonyl (C=O) groups is 1. The molecular formula is C16H19NO3S. The summed E-state index contributed by atoms with van der Waals surface area (Å²) in [7, 11) is 1.66. The lowest BCUT2D eigenvalue weighted by atomic mass is 10.1. The van der Waals surface area contributed by atoms with Crippen LogP contribution in [0.25, 0.3) is 0 Å². The molecule has 2 aromatic rings. The number of nitrogens with zero attached hydrogens (tertiary/aromatic N) is 1. The second kappa shape index (κ2) is 7.78. The molecule has 0 spiro atoms. The third-order valence-corrected chi connectivity index (χ3v) is 3.88. The van der Waals surface area contributed by atoms with Crippen molar-refractivity contribution < 1.29 is 14.3 Å². The lowest BCUT2D eigenvalue weighted by molar-refractivity contribution is -0.143. The molecule has 0 unspecified atom stereocenters. The number of benzene rings is 1. The average Bonchev–Trinajstić information content (AvgIpc) is 2.93. The van der Waals surface area contributed by atoms with Gasteiger partial charge in [0.15, 0.2) is 0 Å². The van der Waals surface area contributed by atoms with Gasteiger partial charge in [-0.3, -0.25) is 4.79 Å². The highest BCUT2D eigenvalue weighted by molar-refractivity contribution is 7.09. The Kier molecular flexibility index (Phi) is 5.75. The Bertz CT molecular complexity index is 595. The predicted molar refractivity (Wildman–Crippen MR) is 82.9 cm³/mol. The zero-order chi connectivity index (χ0) is 15.1. The van der Waals surface area contributed by atoms with Crippen LogP contribution in [0.1, 0.15) is 29.6 Å². The minimum atomic E-state index is -0.167. The number of carbonyl (C=O) groups excluding carboxylic acids is 1. The summed E-state index contributed by atoms with van der Waals surface area (Å²) < 4.78 is 10.1. The molecule has 0 aliphatic carbocycles. The molecule has 0 aliphatic rings. The molecule has 0 aliphatic heterocycles. The fourth-order valence-electron chi connectivity index (χ4n) is 1.97. The lowest BCUT2D eigenvalue weighted by Gasteiger charge is -2.02. The molecule has 0 fully saturated rings. The van der Waals surface area contributed by atoms with Gasteiger partial charge in [0.1, 0.15) is 5.75 Å². The van der Waals surface area contributed by atoms with Gasteiger partial charge in [-0.25, -0.2) is 4.98 Å². The summed E-state index contributed by atoms with van der Waals surface area (Å²) >= 11 is 1.62. The first kappa shape index (κ1) is 15.5. The topological polar surface area (TPSA) is 48.4 Å². The summed E-state index contributed by atoms with van der Waals surface area (Å²) in [5, 5.41) is 3.05. The molecule has 0 radical (unpaired) electrons. The molecule has 5 heteroatoms. The Morgan fingerprint density at radius 2 is 2.24 bits per heavy atom. The minimum absolute atomic E-state index is 0.167. The fraction of sp³-hybridized carbons (Fsp3) is 0.375. The summed E-state index contributed by atoms with van der Waals surface area (Å²) in [5.41, 5.74) is 2.12. The van der Waals surface area contributed by atoms with Crippen molar-refractivity contribution in [1.82, 2.24) is 4.98 Å². The molecule has 112 valence electrons. The molecule has 1 aromatic heterocycles. The Morgan fingerprint density at radius 1 is 1.38 bits per heavy atom. The maximum Gasteiger partial charge on any atom is 0.306 e. The monoisotopic (exact) mass is 305 g/mol. The van der Waals surface area contributed by atoms with Gasteiger partial charge in [0.05, 0.1) is 30.8 Å². The zero-order valence-electron chi connectivity index (χ0n) is 12.3. The minimum Gasteiger partial charge on any atom is -0.497 e. The van der Waals surface area contributed by atoms with Crippen LogP contribution in [0.3, 0.4) is 0 Å². The van der Waals surface area contributed by atoms with E-state index in [4.69, 9.17) is 9.47 Å². The largest absolute Gasteiger partial charge is 0.497 e. The van der Waals surface area contributed by atoms with Gasteiger partial charge in [-0.1, -0.05) is 12.1 Å². The van der Waals surface area contributed by atoms with Gasteiger partial charge in [-0.15, -0.1) is 11.3 Å². The van der Waals surface area contributed by atoms with Gasteiger partial charge in [-0.05, 0) is 24.6 Å². The number of ether oxygens (including phenoxy) is 2. The zero-order valence-corrected chi connectivity index (χ0v) is 13.1. The Labute approximate surface area is 128 Å². The molecule has 0 bridgehead atoms. The molecule has 1 aromatic carbocycles. The van der Waals surface area contributed by atoms with Crippen molar-refractivity contribution in [3.05, 3.63) is 45.9 Å². The first-order chi connectivity index (χ1) is 10.2. The molecule has 0 amide bonds. The van der Waals surface area contributed by atoms with Crippen molar-refractivity contribution in [2.45, 2.75) is 26.2 Å². The molecule has 0 saturated heterocycles. The molecule has 2 rings (SSSR count). The maximum absolute atomic E-state index is 11.3. The number of esters is 1. The van der Waals surface area contributed by atoms with Crippen molar-refractivity contribution in [3.8, 4) is 5.75 Å². The van der Waals surface area contributed by atoms with E-state index in [1.807, 2.05) is 30.5 Å². The van der Waals surface area contributed by atoms with E-state index in [9.17, 15) is 4.79 Å². The van der Waals surface area contributed by atoms with Crippen LogP contribution in [0.4, 0.5) is 0 Å². The van der Waals surface area contributed by atoms with E-state index in [-0.39, 0.29) is 5.97 Å². The van der Waals surface area contributed by atoms with E-state index in [0.29, 0.717) is 19.4 Å². The summed E-state index contributed by atoms with van der Waals surface area (Å²) in [4.78, 5) is 15.9. The number of aromatic nitrogens is 1. The van der Waals surface area contributed by atoms with Crippen molar-refractivity contribution in [3.63, 3.8) is 0 Å². The van der Waals surface area contributed by atoms with E-state index in [0.717, 1.165) is 22.9 Å². The number of hydrogen-bond donors (Lipinski definition) is 0. The molecular weight excluding hydrogens is 286 g/mol. The number of aryl methyl sites for hydroxylation is 1. The highest BCUT2D eigenvalue weighted by Gasteiger charge is 2.07. The second-order valence-electron chi connectivity index (χ2n) is 4.57. The van der Waals surface area contributed by atoms with Gasteiger partial charge >= 0.3 is 5.97 Å². The quantitative estimate of drug-likeness (QED) is 0.737. The van der Waals surface area contributed by atoms with Gasteiger partial charge in [0.25, 0.3) is 0 Å². The maximum atomic E-state index is 11.3. The van der Waals surface area contributed by atoms with E-state index >= 15 is 0 Å². The Morgan fingerprint density at radius 3 is 3.00 bits per heavy atom. The first-order valence-electron chi connectivity index (χ1n) is 6.93. The van der Waals surface area contributed by atoms with Gasteiger partial charge in [0.2, 0.25) is 0 Å². The number of thiazole rings is 1. The fourth-order valence-corrected chi connectivity index (χ4v) is 2.83. The van der Waals surface area contributed by atoms with Crippen LogP contribution in [-0.2, 0) is 22.4 Å². The standard InChI is InChI=1S/C16H19NO3S/c1-3-20-16(18)8-7-13-11-21-15(17-13)10-12-5-4-6-14(9-12)19-2/h4-6,9,11H,3,7-8,10H2,1-2H3. The van der Waals surface area contributed by atoms with Crippen molar-refractivity contribution in [2.24, 2.45) is 0 Å². The molecule has 1 heterocycles. The predicted octanol–water partition coefficient (Wildman–Crippen LogP) is 3.24. The number of rotatable bonds is 7. The summed E-state index contributed by atoms with van der Waals surface area (Å²) in [6.45, 7) is 2.24. The van der Waals surface area contributed by atoms with Crippen LogP contribution in [0, 0.1) is 0 Å². The van der Waals surface area contributed by atoms with Crippen molar-refractivity contribution in [2.75, 3.05) is 13.7 Å². The third kappa shape index (κ3) is 4.86. The Hall–Kier alpha value is -1.88. The molecule has 0 saturated carbocycles. The normalized spacial score (nSPS) is 10.4. The second-order valence-corrected chi connectivity index (χ2v) is 5.51. The highest BCUT2D eigenvalue weighted by Crippen LogP contribution is 2.19. The van der Waals surface area contributed by atoms with Crippen LogP contribution in [-0.4, -0.2) is 24.7 Å². The summed E-state index contributed by atoms with van der Waals surface area (Å²) in [6.07, 6.45) is 1.80. The van der Waals surface area contributed by atoms with Crippen LogP contribution in [0.2, 0.25) is 0 Å². The summed E-state index contributed by atoms with van der Waals surface area (Å²) in [5.74, 6) is 0.687. The first-order valence-corrected chi connectivity index (χ1v) is 7.81. The van der Waals surface area contributed by atoms with Crippen LogP contribution >= 0.6 is 11.3 Å². The van der Waals surface area contributed by atoms with Crippen LogP contribution in [0.15, 0.2) is 29.6 Å². The lowest BCUT2D eigenvalue weighted by Crippen LogP contribution is -2.05. The SMILES string of the molecule is CCOC(=O)CCc1csc(Cc2cccc(OC)c2)n1. The van der Waals surface area contributed by atoms with E-state index < -0.39 is 0 Å². The Balaban J connectivity index is 1.92. The molecule has 0 atom stereocenters. The third-order valence-electron chi connectivity index (χ3n) is 2.98.